The fraction of sp³-hybridized carbons (Fsp3) is 0.217. The van der Waals surface area contributed by atoms with Crippen LogP contribution in [0.25, 0.3) is 0 Å². The Morgan fingerprint density at radius 2 is 0.902 bits per heavy atom. The number of nitrogens with one attached hydrogen (secondary N) is 6. The molecule has 0 saturated heterocycles. The largest absolute Gasteiger partial charge is 0.368 e. The SMILES string of the molecule is Nc1nc(NCCNS(=O)(=O)CS(=O)(=O)NCCNc2nc(N)nc(Nc3cccc(S(=O)(=O)O)c3)n2)nc(Nc2cccc(S(=O)(=O)O)c2)n1. The molecule has 2 aromatic carbocycles. The molecule has 51 heavy (non-hydrogen) atoms. The molecule has 0 unspecified atom stereocenters. The molecule has 12 N–H and O–H groups in total. The van der Waals surface area contributed by atoms with Gasteiger partial charge >= 0.3 is 0 Å². The number of nitrogen functional groups attached to an aromatic ring is 2. The molecule has 0 amide bonds. The number of nitrogens with zero attached hydrogens (tertiary/aromatic N) is 6. The molecular formula is C23H30N14O10S4. The average Bonchev–Trinajstić information content (AvgIpc) is 3.00. The second-order valence-electron chi connectivity index (χ2n) is 9.93. The van der Waals surface area contributed by atoms with Crippen LogP contribution in [0.3, 0.4) is 0 Å². The number of hydrogen-bond acceptors (Lipinski definition) is 20. The molecule has 0 saturated carbocycles. The van der Waals surface area contributed by atoms with E-state index in [0.29, 0.717) is 0 Å². The number of sulfonamides is 2. The van der Waals surface area contributed by atoms with Gasteiger partial charge in [-0.3, -0.25) is 9.11 Å². The van der Waals surface area contributed by atoms with Crippen LogP contribution in [0.4, 0.5) is 47.1 Å². The molecule has 2 heterocycles. The summed E-state index contributed by atoms with van der Waals surface area (Å²) in [4.78, 5) is 22.8. The fourth-order valence-electron chi connectivity index (χ4n) is 3.83. The zero-order chi connectivity index (χ0) is 37.5. The first-order valence-corrected chi connectivity index (χ1v) is 20.1. The first-order valence-electron chi connectivity index (χ1n) is 13.9. The van der Waals surface area contributed by atoms with E-state index in [1.165, 1.54) is 36.4 Å². The van der Waals surface area contributed by atoms with Gasteiger partial charge in [0.15, 0.2) is 5.08 Å². The van der Waals surface area contributed by atoms with Gasteiger partial charge in [-0.1, -0.05) is 12.1 Å². The van der Waals surface area contributed by atoms with Crippen molar-refractivity contribution >= 4 is 87.3 Å². The summed E-state index contributed by atoms with van der Waals surface area (Å²) >= 11 is 0. The lowest BCUT2D eigenvalue weighted by molar-refractivity contribution is 0.481. The highest BCUT2D eigenvalue weighted by atomic mass is 32.3. The maximum Gasteiger partial charge on any atom is 0.294 e. The Labute approximate surface area is 291 Å². The number of aromatic nitrogens is 6. The lowest BCUT2D eigenvalue weighted by atomic mass is 10.3. The maximum absolute atomic E-state index is 12.4. The molecule has 24 nitrogen and oxygen atoms in total. The van der Waals surface area contributed by atoms with E-state index >= 15 is 0 Å². The standard InChI is InChI=1S/C23H30N14O10S4/c24-18-32-20(36-22(34-18)30-14-3-1-5-16(11-14)50(42,43)44)26-7-9-28-48(38,39)13-49(40,41)29-10-8-27-21-33-19(25)35-23(37-21)31-15-4-2-6-17(12-15)51(45,46)47/h1-6,11-12,28-29H,7-10,13H2,(H,42,43,44)(H,45,46,47)(H4,24,26,30,32,34,36)(H4,25,27,31,33,35,37). The normalized spacial score (nSPS) is 12.3. The van der Waals surface area contributed by atoms with Crippen molar-refractivity contribution in [1.29, 1.82) is 0 Å². The van der Waals surface area contributed by atoms with Crippen LogP contribution in [-0.2, 0) is 40.3 Å². The molecule has 276 valence electrons. The molecule has 0 atom stereocenters. The van der Waals surface area contributed by atoms with Crippen molar-refractivity contribution in [2.24, 2.45) is 0 Å². The van der Waals surface area contributed by atoms with Gasteiger partial charge in [0, 0.05) is 37.6 Å². The van der Waals surface area contributed by atoms with Crippen molar-refractivity contribution in [3.63, 3.8) is 0 Å². The van der Waals surface area contributed by atoms with Crippen LogP contribution in [0.5, 0.6) is 0 Å². The van der Waals surface area contributed by atoms with E-state index in [-0.39, 0.29) is 83.0 Å². The highest BCUT2D eigenvalue weighted by Gasteiger charge is 2.21. The lowest BCUT2D eigenvalue weighted by Crippen LogP contribution is -2.39. The molecule has 0 bridgehead atoms. The van der Waals surface area contributed by atoms with Gasteiger partial charge in [-0.25, -0.2) is 26.3 Å². The molecule has 0 aliphatic rings. The Kier molecular flexibility index (Phi) is 12.0. The molecular weight excluding hydrogens is 761 g/mol. The molecule has 0 aliphatic carbocycles. The van der Waals surface area contributed by atoms with Gasteiger partial charge in [-0.05, 0) is 36.4 Å². The number of nitrogens with two attached hydrogens (primary N) is 2. The van der Waals surface area contributed by atoms with Gasteiger partial charge in [0.2, 0.25) is 55.7 Å². The van der Waals surface area contributed by atoms with Crippen LogP contribution in [0.15, 0.2) is 58.3 Å². The number of rotatable bonds is 18. The smallest absolute Gasteiger partial charge is 0.294 e. The van der Waals surface area contributed by atoms with Gasteiger partial charge in [0.25, 0.3) is 20.2 Å². The van der Waals surface area contributed by atoms with E-state index < -0.39 is 45.4 Å². The second kappa shape index (κ2) is 15.8. The Balaban J connectivity index is 1.23. The van der Waals surface area contributed by atoms with Gasteiger partial charge < -0.3 is 32.7 Å². The molecule has 0 spiro atoms. The van der Waals surface area contributed by atoms with Crippen LogP contribution >= 0.6 is 0 Å². The van der Waals surface area contributed by atoms with E-state index in [9.17, 15) is 42.8 Å². The fourth-order valence-corrected chi connectivity index (χ4v) is 8.01. The Morgan fingerprint density at radius 1 is 0.529 bits per heavy atom. The third-order valence-electron chi connectivity index (χ3n) is 5.85. The van der Waals surface area contributed by atoms with Gasteiger partial charge in [-0.2, -0.15) is 46.7 Å². The molecule has 0 radical (unpaired) electrons. The number of benzene rings is 2. The topological polar surface area (TPSA) is 379 Å². The Hall–Kier alpha value is -5.10. The zero-order valence-electron chi connectivity index (χ0n) is 25.8. The first kappa shape index (κ1) is 38.7. The lowest BCUT2D eigenvalue weighted by Gasteiger charge is -2.11. The molecule has 0 fully saturated rings. The quantitative estimate of drug-likeness (QED) is 0.0406. The molecule has 4 rings (SSSR count). The van der Waals surface area contributed by atoms with Crippen LogP contribution in [0, 0.1) is 0 Å². The van der Waals surface area contributed by atoms with Gasteiger partial charge in [0.05, 0.1) is 9.79 Å². The van der Waals surface area contributed by atoms with E-state index in [4.69, 9.17) is 11.5 Å². The Morgan fingerprint density at radius 3 is 1.27 bits per heavy atom. The Bertz CT molecular complexity index is 2170. The van der Waals surface area contributed by atoms with Crippen LogP contribution in [0.2, 0.25) is 0 Å². The number of hydrogen-bond donors (Lipinski definition) is 10. The van der Waals surface area contributed by atoms with Crippen molar-refractivity contribution in [1.82, 2.24) is 39.3 Å². The van der Waals surface area contributed by atoms with Crippen LogP contribution in [0.1, 0.15) is 0 Å². The molecule has 2 aromatic heterocycles. The molecule has 0 aliphatic heterocycles. The summed E-state index contributed by atoms with van der Waals surface area (Å²) in [6.07, 6.45) is 0. The van der Waals surface area contributed by atoms with Crippen LogP contribution < -0.4 is 42.2 Å². The summed E-state index contributed by atoms with van der Waals surface area (Å²) in [5.74, 6) is -0.881. The van der Waals surface area contributed by atoms with Gasteiger partial charge in [0.1, 0.15) is 0 Å². The summed E-state index contributed by atoms with van der Waals surface area (Å²) in [6.45, 7) is -0.811. The van der Waals surface area contributed by atoms with E-state index in [1.54, 1.807) is 0 Å². The maximum atomic E-state index is 12.4. The van der Waals surface area contributed by atoms with E-state index in [1.807, 2.05) is 0 Å². The van der Waals surface area contributed by atoms with Crippen molar-refractivity contribution in [2.45, 2.75) is 9.79 Å². The van der Waals surface area contributed by atoms with Crippen molar-refractivity contribution in [2.75, 3.05) is 64.0 Å². The molecule has 4 aromatic rings. The average molecular weight is 791 g/mol. The van der Waals surface area contributed by atoms with Gasteiger partial charge in [-0.15, -0.1) is 0 Å². The minimum Gasteiger partial charge on any atom is -0.368 e. The summed E-state index contributed by atoms with van der Waals surface area (Å²) < 4.78 is 118. The van der Waals surface area contributed by atoms with Crippen molar-refractivity contribution < 1.29 is 42.8 Å². The highest BCUT2D eigenvalue weighted by molar-refractivity contribution is 8.06. The predicted octanol–water partition coefficient (Wildman–Crippen LogP) is -1.48. The van der Waals surface area contributed by atoms with E-state index in [0.717, 1.165) is 12.1 Å². The first-order chi connectivity index (χ1) is 23.8. The third kappa shape index (κ3) is 12.6. The number of anilines is 8. The summed E-state index contributed by atoms with van der Waals surface area (Å²) in [5.41, 5.74) is 11.8. The van der Waals surface area contributed by atoms with Crippen molar-refractivity contribution in [3.05, 3.63) is 48.5 Å². The third-order valence-corrected chi connectivity index (χ3v) is 11.3. The molecule has 28 heteroatoms. The summed E-state index contributed by atoms with van der Waals surface area (Å²) in [5, 5.41) is 9.47. The van der Waals surface area contributed by atoms with E-state index in [2.05, 4.69) is 60.6 Å². The predicted molar refractivity (Wildman–Crippen MR) is 183 cm³/mol. The summed E-state index contributed by atoms with van der Waals surface area (Å²) in [7, 11) is -17.6. The van der Waals surface area contributed by atoms with Crippen molar-refractivity contribution in [3.8, 4) is 0 Å². The van der Waals surface area contributed by atoms with Crippen LogP contribution in [-0.4, -0.2) is 104 Å². The highest BCUT2D eigenvalue weighted by Crippen LogP contribution is 2.20. The summed E-state index contributed by atoms with van der Waals surface area (Å²) in [6, 6.07) is 10.2. The monoisotopic (exact) mass is 790 g/mol. The minimum absolute atomic E-state index is 0.0916. The zero-order valence-corrected chi connectivity index (χ0v) is 29.1. The second-order valence-corrected chi connectivity index (χ2v) is 16.7. The minimum atomic E-state index is -4.46.